The molecule has 1 fully saturated rings. The molecular formula is C13H21BrN2O. The summed E-state index contributed by atoms with van der Waals surface area (Å²) < 4.78 is 2.85. The van der Waals surface area contributed by atoms with Gasteiger partial charge in [0.05, 0.1) is 16.4 Å². The highest BCUT2D eigenvalue weighted by Crippen LogP contribution is 2.45. The van der Waals surface area contributed by atoms with Crippen LogP contribution < -0.4 is 0 Å². The highest BCUT2D eigenvalue weighted by atomic mass is 79.9. The van der Waals surface area contributed by atoms with Crippen LogP contribution in [0.25, 0.3) is 0 Å². The second-order valence-electron chi connectivity index (χ2n) is 5.37. The van der Waals surface area contributed by atoms with Crippen LogP contribution in [0.1, 0.15) is 45.7 Å². The molecule has 1 N–H and O–H groups in total. The maximum Gasteiger partial charge on any atom is 0.110 e. The molecule has 1 aliphatic carbocycles. The van der Waals surface area contributed by atoms with Gasteiger partial charge in [-0.05, 0) is 47.5 Å². The van der Waals surface area contributed by atoms with Crippen molar-refractivity contribution < 1.29 is 5.11 Å². The standard InChI is InChI=1S/C13H21BrN2O/c1-4-16-12(11(14)8-15-16)13(17)7-9(2)5-6-10(13)3/h8-10,17H,4-7H2,1-3H3. The van der Waals surface area contributed by atoms with Crippen LogP contribution in [0.15, 0.2) is 10.7 Å². The molecule has 0 aliphatic heterocycles. The van der Waals surface area contributed by atoms with Crippen molar-refractivity contribution in [3.63, 3.8) is 0 Å². The SMILES string of the molecule is CCn1ncc(Br)c1C1(O)CC(C)CCC1C. The molecule has 3 unspecified atom stereocenters. The highest BCUT2D eigenvalue weighted by Gasteiger charge is 2.43. The Bertz CT molecular complexity index is 404. The molecule has 3 nitrogen and oxygen atoms in total. The summed E-state index contributed by atoms with van der Waals surface area (Å²) in [5.41, 5.74) is 0.224. The Morgan fingerprint density at radius 2 is 2.24 bits per heavy atom. The normalized spacial score (nSPS) is 33.9. The van der Waals surface area contributed by atoms with E-state index < -0.39 is 5.60 Å². The molecule has 1 heterocycles. The number of aryl methyl sites for hydroxylation is 1. The monoisotopic (exact) mass is 300 g/mol. The van der Waals surface area contributed by atoms with Crippen LogP contribution in [0.5, 0.6) is 0 Å². The van der Waals surface area contributed by atoms with Crippen LogP contribution in [0, 0.1) is 11.8 Å². The summed E-state index contributed by atoms with van der Waals surface area (Å²) in [5, 5.41) is 15.4. The van der Waals surface area contributed by atoms with E-state index in [4.69, 9.17) is 0 Å². The van der Waals surface area contributed by atoms with Crippen molar-refractivity contribution in [3.8, 4) is 0 Å². The number of nitrogens with zero attached hydrogens (tertiary/aromatic N) is 2. The minimum atomic E-state index is -0.733. The zero-order chi connectivity index (χ0) is 12.6. The number of hydrogen-bond acceptors (Lipinski definition) is 2. The van der Waals surface area contributed by atoms with E-state index in [0.717, 1.165) is 29.6 Å². The van der Waals surface area contributed by atoms with Crippen molar-refractivity contribution in [2.45, 2.75) is 52.2 Å². The fourth-order valence-corrected chi connectivity index (χ4v) is 3.61. The molecule has 0 bridgehead atoms. The molecule has 2 rings (SSSR count). The van der Waals surface area contributed by atoms with Crippen LogP contribution in [0.2, 0.25) is 0 Å². The van der Waals surface area contributed by atoms with Crippen LogP contribution in [-0.2, 0) is 12.1 Å². The van der Waals surface area contributed by atoms with Gasteiger partial charge in [-0.2, -0.15) is 5.10 Å². The lowest BCUT2D eigenvalue weighted by Gasteiger charge is -2.41. The number of hydrogen-bond donors (Lipinski definition) is 1. The van der Waals surface area contributed by atoms with Gasteiger partial charge >= 0.3 is 0 Å². The summed E-state index contributed by atoms with van der Waals surface area (Å²) in [7, 11) is 0. The third-order valence-electron chi connectivity index (χ3n) is 4.07. The largest absolute Gasteiger partial charge is 0.383 e. The summed E-state index contributed by atoms with van der Waals surface area (Å²) in [5.74, 6) is 0.861. The van der Waals surface area contributed by atoms with Crippen molar-refractivity contribution in [1.82, 2.24) is 9.78 Å². The molecule has 1 aromatic heterocycles. The van der Waals surface area contributed by atoms with Crippen molar-refractivity contribution in [2.75, 3.05) is 0 Å². The maximum atomic E-state index is 11.1. The molecule has 0 spiro atoms. The van der Waals surface area contributed by atoms with Gasteiger partial charge < -0.3 is 5.11 Å². The Morgan fingerprint density at radius 3 is 2.88 bits per heavy atom. The molecular weight excluding hydrogens is 280 g/mol. The van der Waals surface area contributed by atoms with E-state index in [0.29, 0.717) is 5.92 Å². The smallest absolute Gasteiger partial charge is 0.110 e. The van der Waals surface area contributed by atoms with Crippen LogP contribution in [0.4, 0.5) is 0 Å². The number of rotatable bonds is 2. The van der Waals surface area contributed by atoms with E-state index >= 15 is 0 Å². The van der Waals surface area contributed by atoms with Gasteiger partial charge in [0, 0.05) is 6.54 Å². The van der Waals surface area contributed by atoms with Gasteiger partial charge in [-0.25, -0.2) is 0 Å². The predicted octanol–water partition coefficient (Wildman–Crippen LogP) is 3.31. The minimum absolute atomic E-state index is 0.289. The molecule has 17 heavy (non-hydrogen) atoms. The summed E-state index contributed by atoms with van der Waals surface area (Å²) in [4.78, 5) is 0. The zero-order valence-corrected chi connectivity index (χ0v) is 12.4. The lowest BCUT2D eigenvalue weighted by molar-refractivity contribution is -0.0698. The van der Waals surface area contributed by atoms with E-state index in [1.165, 1.54) is 6.42 Å². The van der Waals surface area contributed by atoms with E-state index in [9.17, 15) is 5.11 Å². The third-order valence-corrected chi connectivity index (χ3v) is 4.65. The molecule has 0 aromatic carbocycles. The quantitative estimate of drug-likeness (QED) is 0.910. The number of aliphatic hydroxyl groups is 1. The van der Waals surface area contributed by atoms with E-state index in [-0.39, 0.29) is 5.92 Å². The molecule has 4 heteroatoms. The molecule has 96 valence electrons. The molecule has 0 radical (unpaired) electrons. The summed E-state index contributed by atoms with van der Waals surface area (Å²) in [6, 6.07) is 0. The Hall–Kier alpha value is -0.350. The van der Waals surface area contributed by atoms with Gasteiger partial charge in [-0.15, -0.1) is 0 Å². The Labute approximate surface area is 111 Å². The molecule has 1 aliphatic rings. The van der Waals surface area contributed by atoms with Crippen LogP contribution in [-0.4, -0.2) is 14.9 Å². The molecule has 1 aromatic rings. The zero-order valence-electron chi connectivity index (χ0n) is 10.8. The summed E-state index contributed by atoms with van der Waals surface area (Å²) in [6.45, 7) is 7.22. The average molecular weight is 301 g/mol. The summed E-state index contributed by atoms with van der Waals surface area (Å²) in [6.07, 6.45) is 4.92. The maximum absolute atomic E-state index is 11.1. The van der Waals surface area contributed by atoms with Gasteiger partial charge in [-0.3, -0.25) is 4.68 Å². The lowest BCUT2D eigenvalue weighted by atomic mass is 9.70. The van der Waals surface area contributed by atoms with Crippen molar-refractivity contribution >= 4 is 15.9 Å². The highest BCUT2D eigenvalue weighted by molar-refractivity contribution is 9.10. The first kappa shape index (κ1) is 13.1. The topological polar surface area (TPSA) is 38.0 Å². The van der Waals surface area contributed by atoms with E-state index in [1.54, 1.807) is 6.20 Å². The van der Waals surface area contributed by atoms with Gasteiger partial charge in [0.15, 0.2) is 0 Å². The first-order valence-electron chi connectivity index (χ1n) is 6.43. The van der Waals surface area contributed by atoms with Gasteiger partial charge in [0.1, 0.15) is 5.60 Å². The Morgan fingerprint density at radius 1 is 1.53 bits per heavy atom. The molecule has 3 atom stereocenters. The number of aromatic nitrogens is 2. The second kappa shape index (κ2) is 4.73. The summed E-state index contributed by atoms with van der Waals surface area (Å²) >= 11 is 3.53. The first-order chi connectivity index (χ1) is 7.99. The lowest BCUT2D eigenvalue weighted by Crippen LogP contribution is -2.41. The molecule has 0 amide bonds. The first-order valence-corrected chi connectivity index (χ1v) is 7.22. The third kappa shape index (κ3) is 2.17. The predicted molar refractivity (Wildman–Crippen MR) is 71.7 cm³/mol. The van der Waals surface area contributed by atoms with Gasteiger partial charge in [0.25, 0.3) is 0 Å². The van der Waals surface area contributed by atoms with Crippen molar-refractivity contribution in [1.29, 1.82) is 0 Å². The van der Waals surface area contributed by atoms with Crippen molar-refractivity contribution in [2.24, 2.45) is 11.8 Å². The Balaban J connectivity index is 2.44. The fourth-order valence-electron chi connectivity index (χ4n) is 2.97. The van der Waals surface area contributed by atoms with Gasteiger partial charge in [-0.1, -0.05) is 20.3 Å². The second-order valence-corrected chi connectivity index (χ2v) is 6.22. The molecule has 1 saturated carbocycles. The van der Waals surface area contributed by atoms with Crippen LogP contribution in [0.3, 0.4) is 0 Å². The average Bonchev–Trinajstić information content (AvgIpc) is 2.66. The Kier molecular flexibility index (Phi) is 3.64. The van der Waals surface area contributed by atoms with E-state index in [1.807, 2.05) is 4.68 Å². The number of halogens is 1. The van der Waals surface area contributed by atoms with Crippen LogP contribution >= 0.6 is 15.9 Å². The van der Waals surface area contributed by atoms with E-state index in [2.05, 4.69) is 41.8 Å². The minimum Gasteiger partial charge on any atom is -0.383 e. The van der Waals surface area contributed by atoms with Gasteiger partial charge in [0.2, 0.25) is 0 Å². The molecule has 0 saturated heterocycles. The fraction of sp³-hybridized carbons (Fsp3) is 0.769. The van der Waals surface area contributed by atoms with Crippen molar-refractivity contribution in [3.05, 3.63) is 16.4 Å².